The predicted octanol–water partition coefficient (Wildman–Crippen LogP) is 8.85. The summed E-state index contributed by atoms with van der Waals surface area (Å²) >= 11 is 0. The van der Waals surface area contributed by atoms with Crippen molar-refractivity contribution >= 4 is 32.6 Å². The number of hydrogen-bond donors (Lipinski definition) is 0. The first-order valence-corrected chi connectivity index (χ1v) is 12.9. The van der Waals surface area contributed by atoms with Gasteiger partial charge in [-0.3, -0.25) is 0 Å². The third kappa shape index (κ3) is 2.58. The monoisotopic (exact) mass is 471 g/mol. The van der Waals surface area contributed by atoms with Crippen LogP contribution in [-0.2, 0) is 12.5 Å². The van der Waals surface area contributed by atoms with Crippen molar-refractivity contribution in [2.24, 2.45) is 7.05 Å². The summed E-state index contributed by atoms with van der Waals surface area (Å²) in [7, 11) is 2.20. The Hall–Kier alpha value is -4.62. The van der Waals surface area contributed by atoms with E-state index in [0.29, 0.717) is 0 Å². The number of para-hydroxylation sites is 1. The molecular weight excluding hydrogens is 446 g/mol. The van der Waals surface area contributed by atoms with Gasteiger partial charge in [-0.05, 0) is 62.4 Å². The topological polar surface area (TPSA) is 4.93 Å². The van der Waals surface area contributed by atoms with Gasteiger partial charge in [-0.25, -0.2) is 0 Å². The molecule has 37 heavy (non-hydrogen) atoms. The lowest BCUT2D eigenvalue weighted by Crippen LogP contribution is -2.28. The zero-order valence-electron chi connectivity index (χ0n) is 20.6. The summed E-state index contributed by atoms with van der Waals surface area (Å²) < 4.78 is 2.35. The first-order chi connectivity index (χ1) is 18.3. The average Bonchev–Trinajstić information content (AvgIpc) is 3.43. The zero-order valence-corrected chi connectivity index (χ0v) is 20.6. The van der Waals surface area contributed by atoms with Crippen LogP contribution >= 0.6 is 0 Å². The van der Waals surface area contributed by atoms with Gasteiger partial charge in [-0.1, -0.05) is 115 Å². The Morgan fingerprint density at radius 3 is 1.84 bits per heavy atom. The van der Waals surface area contributed by atoms with E-state index >= 15 is 0 Å². The van der Waals surface area contributed by atoms with Gasteiger partial charge in [-0.2, -0.15) is 0 Å². The van der Waals surface area contributed by atoms with Crippen molar-refractivity contribution in [3.8, 4) is 11.1 Å². The number of hydrogen-bond acceptors (Lipinski definition) is 0. The highest BCUT2D eigenvalue weighted by atomic mass is 14.9. The molecular formula is C36H25N. The minimum absolute atomic E-state index is 0.418. The van der Waals surface area contributed by atoms with Crippen molar-refractivity contribution in [2.75, 3.05) is 0 Å². The van der Waals surface area contributed by atoms with Crippen LogP contribution < -0.4 is 0 Å². The van der Waals surface area contributed by atoms with Crippen LogP contribution in [0.1, 0.15) is 22.3 Å². The van der Waals surface area contributed by atoms with Gasteiger partial charge in [0, 0.05) is 28.9 Å². The van der Waals surface area contributed by atoms with Gasteiger partial charge in [0.05, 0.1) is 5.41 Å². The Morgan fingerprint density at radius 2 is 1.11 bits per heavy atom. The lowest BCUT2D eigenvalue weighted by atomic mass is 9.66. The van der Waals surface area contributed by atoms with Crippen LogP contribution in [0, 0.1) is 0 Å². The van der Waals surface area contributed by atoms with Gasteiger partial charge in [0.2, 0.25) is 0 Å². The molecule has 0 bridgehead atoms. The minimum atomic E-state index is -0.418. The zero-order chi connectivity index (χ0) is 24.6. The fourth-order valence-electron chi connectivity index (χ4n) is 6.92. The SMILES string of the molecule is Cn1c2ccccc2c2cc3c(cc21)C(c1ccccc1)(c1ccccc1)c1c-3ccc2ccccc12. The summed E-state index contributed by atoms with van der Waals surface area (Å²) in [6, 6.07) is 49.4. The molecule has 174 valence electrons. The van der Waals surface area contributed by atoms with E-state index in [2.05, 4.69) is 145 Å². The van der Waals surface area contributed by atoms with Crippen molar-refractivity contribution in [1.82, 2.24) is 4.57 Å². The molecule has 0 aliphatic heterocycles. The summed E-state index contributed by atoms with van der Waals surface area (Å²) in [6.45, 7) is 0. The van der Waals surface area contributed by atoms with Crippen molar-refractivity contribution < 1.29 is 0 Å². The molecule has 8 rings (SSSR count). The normalized spacial score (nSPS) is 13.8. The van der Waals surface area contributed by atoms with Crippen molar-refractivity contribution in [2.45, 2.75) is 5.41 Å². The van der Waals surface area contributed by atoms with Crippen molar-refractivity contribution in [1.29, 1.82) is 0 Å². The van der Waals surface area contributed by atoms with Gasteiger partial charge in [0.15, 0.2) is 0 Å². The Morgan fingerprint density at radius 1 is 0.486 bits per heavy atom. The second-order valence-corrected chi connectivity index (χ2v) is 10.2. The molecule has 6 aromatic carbocycles. The first-order valence-electron chi connectivity index (χ1n) is 12.9. The number of nitrogens with zero attached hydrogens (tertiary/aromatic N) is 1. The molecule has 0 fully saturated rings. The number of fused-ring (bicyclic) bond motifs is 8. The number of aromatic nitrogens is 1. The predicted molar refractivity (Wildman–Crippen MR) is 155 cm³/mol. The first kappa shape index (κ1) is 20.6. The third-order valence-electron chi connectivity index (χ3n) is 8.46. The molecule has 1 aromatic heterocycles. The fourth-order valence-corrected chi connectivity index (χ4v) is 6.92. The molecule has 7 aromatic rings. The summed E-state index contributed by atoms with van der Waals surface area (Å²) in [6.07, 6.45) is 0. The average molecular weight is 472 g/mol. The molecule has 0 amide bonds. The molecule has 0 saturated carbocycles. The molecule has 0 unspecified atom stereocenters. The van der Waals surface area contributed by atoms with Crippen LogP contribution in [0.4, 0.5) is 0 Å². The van der Waals surface area contributed by atoms with E-state index in [1.165, 1.54) is 66.0 Å². The highest BCUT2D eigenvalue weighted by Gasteiger charge is 2.47. The van der Waals surface area contributed by atoms with Crippen LogP contribution in [0.2, 0.25) is 0 Å². The molecule has 1 heteroatoms. The molecule has 0 radical (unpaired) electrons. The summed E-state index contributed by atoms with van der Waals surface area (Å²) in [5, 5.41) is 5.22. The third-order valence-corrected chi connectivity index (χ3v) is 8.46. The lowest BCUT2D eigenvalue weighted by Gasteiger charge is -2.34. The van der Waals surface area contributed by atoms with Crippen molar-refractivity contribution in [3.63, 3.8) is 0 Å². The van der Waals surface area contributed by atoms with E-state index in [0.717, 1.165) is 0 Å². The summed E-state index contributed by atoms with van der Waals surface area (Å²) in [4.78, 5) is 0. The Kier molecular flexibility index (Phi) is 4.14. The molecule has 0 spiro atoms. The van der Waals surface area contributed by atoms with Crippen LogP contribution in [-0.4, -0.2) is 4.57 Å². The standard InChI is InChI=1S/C36H25N/c1-37-33-19-11-10-18-28(33)31-22-30-29-21-20-24-12-8-9-17-27(24)35(29)36(32(30)23-34(31)37,25-13-4-2-5-14-25)26-15-6-3-7-16-26/h2-23H,1H3. The summed E-state index contributed by atoms with van der Waals surface area (Å²) in [5.74, 6) is 0. The maximum Gasteiger partial charge on any atom is 0.0720 e. The van der Waals surface area contributed by atoms with E-state index in [1.807, 2.05) is 0 Å². The number of rotatable bonds is 2. The maximum atomic E-state index is 2.47. The molecule has 1 heterocycles. The minimum Gasteiger partial charge on any atom is -0.344 e. The molecule has 1 aliphatic rings. The quantitative estimate of drug-likeness (QED) is 0.237. The fraction of sp³-hybridized carbons (Fsp3) is 0.0556. The van der Waals surface area contributed by atoms with Crippen LogP contribution in [0.5, 0.6) is 0 Å². The van der Waals surface area contributed by atoms with Gasteiger partial charge < -0.3 is 4.57 Å². The Balaban J connectivity index is 1.64. The van der Waals surface area contributed by atoms with Crippen molar-refractivity contribution in [3.05, 3.63) is 156 Å². The number of aryl methyl sites for hydroxylation is 1. The van der Waals surface area contributed by atoms with Gasteiger partial charge in [0.25, 0.3) is 0 Å². The second kappa shape index (κ2) is 7.44. The van der Waals surface area contributed by atoms with Crippen LogP contribution in [0.3, 0.4) is 0 Å². The van der Waals surface area contributed by atoms with Gasteiger partial charge in [-0.15, -0.1) is 0 Å². The van der Waals surface area contributed by atoms with E-state index in [1.54, 1.807) is 0 Å². The van der Waals surface area contributed by atoms with E-state index in [4.69, 9.17) is 0 Å². The molecule has 1 aliphatic carbocycles. The van der Waals surface area contributed by atoms with E-state index in [-0.39, 0.29) is 0 Å². The maximum absolute atomic E-state index is 2.47. The van der Waals surface area contributed by atoms with E-state index in [9.17, 15) is 0 Å². The largest absolute Gasteiger partial charge is 0.344 e. The highest BCUT2D eigenvalue weighted by molar-refractivity contribution is 6.12. The van der Waals surface area contributed by atoms with Gasteiger partial charge >= 0.3 is 0 Å². The highest BCUT2D eigenvalue weighted by Crippen LogP contribution is 2.59. The smallest absolute Gasteiger partial charge is 0.0720 e. The number of benzene rings is 6. The lowest BCUT2D eigenvalue weighted by molar-refractivity contribution is 0.775. The molecule has 0 N–H and O–H groups in total. The molecule has 1 nitrogen and oxygen atoms in total. The van der Waals surface area contributed by atoms with E-state index < -0.39 is 5.41 Å². The van der Waals surface area contributed by atoms with Gasteiger partial charge in [0.1, 0.15) is 0 Å². The Bertz CT molecular complexity index is 1940. The molecule has 0 saturated heterocycles. The second-order valence-electron chi connectivity index (χ2n) is 10.2. The van der Waals surface area contributed by atoms with Crippen LogP contribution in [0.15, 0.2) is 133 Å². The summed E-state index contributed by atoms with van der Waals surface area (Å²) in [5.41, 5.74) is 10.1. The van der Waals surface area contributed by atoms with Crippen LogP contribution in [0.25, 0.3) is 43.7 Å². The Labute approximate surface area is 216 Å². The molecule has 0 atom stereocenters.